The van der Waals surface area contributed by atoms with Crippen molar-refractivity contribution in [3.05, 3.63) is 47.2 Å². The van der Waals surface area contributed by atoms with Crippen LogP contribution in [0.4, 0.5) is 0 Å². The minimum atomic E-state index is -0.293. The van der Waals surface area contributed by atoms with E-state index in [2.05, 4.69) is 66.3 Å². The molecule has 0 N–H and O–H groups in total. The van der Waals surface area contributed by atoms with E-state index in [4.69, 9.17) is 9.47 Å². The molecule has 3 heteroatoms. The van der Waals surface area contributed by atoms with Crippen LogP contribution in [0.1, 0.15) is 105 Å². The second kappa shape index (κ2) is 10.6. The second-order valence-corrected chi connectivity index (χ2v) is 12.0. The highest BCUT2D eigenvalue weighted by atomic mass is 16.6. The number of hydrogen-bond acceptors (Lipinski definition) is 3. The van der Waals surface area contributed by atoms with E-state index in [9.17, 15) is 4.79 Å². The van der Waals surface area contributed by atoms with Crippen LogP contribution < -0.4 is 4.74 Å². The van der Waals surface area contributed by atoms with E-state index in [0.29, 0.717) is 11.7 Å². The summed E-state index contributed by atoms with van der Waals surface area (Å²) in [7, 11) is 0. The van der Waals surface area contributed by atoms with Gasteiger partial charge in [0.25, 0.3) is 0 Å². The van der Waals surface area contributed by atoms with Crippen LogP contribution in [0.5, 0.6) is 5.75 Å². The molecule has 3 nitrogen and oxygen atoms in total. The molecule has 0 bridgehead atoms. The summed E-state index contributed by atoms with van der Waals surface area (Å²) >= 11 is 0. The third-order valence-electron chi connectivity index (χ3n) is 7.93. The molecule has 1 atom stereocenters. The van der Waals surface area contributed by atoms with Crippen molar-refractivity contribution in [2.75, 3.05) is 6.61 Å². The van der Waals surface area contributed by atoms with Gasteiger partial charge in [-0.25, -0.2) is 4.79 Å². The van der Waals surface area contributed by atoms with Crippen LogP contribution in [0.2, 0.25) is 0 Å². The fourth-order valence-electron chi connectivity index (χ4n) is 5.27. The summed E-state index contributed by atoms with van der Waals surface area (Å²) in [6.45, 7) is 16.0. The predicted octanol–water partition coefficient (Wildman–Crippen LogP) is 8.39. The number of carbonyl (C=O) groups is 1. The monoisotopic (exact) mass is 464 g/mol. The van der Waals surface area contributed by atoms with Gasteiger partial charge in [0.2, 0.25) is 0 Å². The molecular formula is C31H44O3. The highest BCUT2D eigenvalue weighted by molar-refractivity contribution is 5.81. The first kappa shape index (κ1) is 26.4. The van der Waals surface area contributed by atoms with Crippen molar-refractivity contribution in [2.45, 2.75) is 99.0 Å². The normalized spacial score (nSPS) is 18.1. The number of carbonyl (C=O) groups excluding carboxylic acids is 1. The molecule has 0 aromatic heterocycles. The standard InChI is InChI=1S/C31H44O3/c1-8-30(6,7)21-26(29(3,4)5)24-15-10-11-16-25-23(24)17-14-18-27(25)33-22-28(32)34-31(9-2)19-12-13-20-31/h10,14-18,26H,8-9,12-13,19-22H2,1-7H3. The van der Waals surface area contributed by atoms with Crippen molar-refractivity contribution in [3.8, 4) is 5.75 Å². The lowest BCUT2D eigenvalue weighted by molar-refractivity contribution is -0.162. The molecule has 0 radical (unpaired) electrons. The third kappa shape index (κ3) is 6.25. The van der Waals surface area contributed by atoms with Gasteiger partial charge in [0, 0.05) is 5.56 Å². The minimum Gasteiger partial charge on any atom is -0.481 e. The Labute approximate surface area is 207 Å². The summed E-state index contributed by atoms with van der Waals surface area (Å²) in [6, 6.07) is 6.15. The summed E-state index contributed by atoms with van der Waals surface area (Å²) in [6.07, 6.45) is 13.5. The van der Waals surface area contributed by atoms with Crippen LogP contribution >= 0.6 is 0 Å². The van der Waals surface area contributed by atoms with E-state index in [1.54, 1.807) is 0 Å². The lowest BCUT2D eigenvalue weighted by Gasteiger charge is -2.39. The van der Waals surface area contributed by atoms with Crippen molar-refractivity contribution in [3.63, 3.8) is 0 Å². The quantitative estimate of drug-likeness (QED) is 0.272. The number of fused-ring (bicyclic) bond motifs is 1. The lowest BCUT2D eigenvalue weighted by Crippen LogP contribution is -2.33. The van der Waals surface area contributed by atoms with Crippen molar-refractivity contribution >= 4 is 17.6 Å². The average Bonchev–Trinajstić information content (AvgIpc) is 3.14. The topological polar surface area (TPSA) is 35.5 Å². The highest BCUT2D eigenvalue weighted by Gasteiger charge is 2.36. The smallest absolute Gasteiger partial charge is 0.344 e. The van der Waals surface area contributed by atoms with Crippen LogP contribution in [0.15, 0.2) is 36.1 Å². The first-order valence-corrected chi connectivity index (χ1v) is 13.1. The molecule has 1 fully saturated rings. The van der Waals surface area contributed by atoms with Crippen molar-refractivity contribution < 1.29 is 14.3 Å². The highest BCUT2D eigenvalue weighted by Crippen LogP contribution is 2.47. The van der Waals surface area contributed by atoms with Gasteiger partial charge in [-0.2, -0.15) is 0 Å². The first-order valence-electron chi connectivity index (χ1n) is 13.1. The van der Waals surface area contributed by atoms with Gasteiger partial charge >= 0.3 is 5.97 Å². The molecular weight excluding hydrogens is 420 g/mol. The fourth-order valence-corrected chi connectivity index (χ4v) is 5.27. The number of esters is 1. The second-order valence-electron chi connectivity index (χ2n) is 12.0. The zero-order chi connectivity index (χ0) is 25.0. The van der Waals surface area contributed by atoms with E-state index >= 15 is 0 Å². The molecule has 0 spiro atoms. The maximum atomic E-state index is 12.7. The van der Waals surface area contributed by atoms with Crippen LogP contribution in [-0.4, -0.2) is 18.2 Å². The molecule has 0 amide bonds. The molecule has 0 aliphatic heterocycles. The molecule has 1 saturated carbocycles. The first-order chi connectivity index (χ1) is 16.0. The van der Waals surface area contributed by atoms with Crippen molar-refractivity contribution in [1.82, 2.24) is 0 Å². The van der Waals surface area contributed by atoms with Crippen molar-refractivity contribution in [2.24, 2.45) is 16.7 Å². The summed E-state index contributed by atoms with van der Waals surface area (Å²) < 4.78 is 12.0. The predicted molar refractivity (Wildman–Crippen MR) is 142 cm³/mol. The van der Waals surface area contributed by atoms with Gasteiger partial charge < -0.3 is 9.47 Å². The zero-order valence-corrected chi connectivity index (χ0v) is 22.4. The molecule has 2 aliphatic rings. The van der Waals surface area contributed by atoms with Gasteiger partial charge in [0.05, 0.1) is 0 Å². The van der Waals surface area contributed by atoms with Crippen LogP contribution in [0, 0.1) is 16.7 Å². The molecule has 1 aromatic rings. The van der Waals surface area contributed by atoms with Gasteiger partial charge in [-0.05, 0) is 84.6 Å². The Hall–Kier alpha value is -2.25. The van der Waals surface area contributed by atoms with Gasteiger partial charge in [0.1, 0.15) is 11.4 Å². The Balaban J connectivity index is 1.86. The largest absolute Gasteiger partial charge is 0.481 e. The van der Waals surface area contributed by atoms with Crippen LogP contribution in [0.3, 0.4) is 0 Å². The maximum Gasteiger partial charge on any atom is 0.344 e. The van der Waals surface area contributed by atoms with Crippen LogP contribution in [0.25, 0.3) is 11.6 Å². The van der Waals surface area contributed by atoms with E-state index < -0.39 is 0 Å². The number of ether oxygens (including phenoxy) is 2. The van der Waals surface area contributed by atoms with Gasteiger partial charge in [-0.1, -0.05) is 73.1 Å². The molecule has 2 aliphatic carbocycles. The molecule has 3 rings (SSSR count). The van der Waals surface area contributed by atoms with E-state index in [1.165, 1.54) is 11.1 Å². The molecule has 34 heavy (non-hydrogen) atoms. The third-order valence-corrected chi connectivity index (χ3v) is 7.93. The molecule has 1 unspecified atom stereocenters. The Bertz CT molecular complexity index is 961. The van der Waals surface area contributed by atoms with Gasteiger partial charge in [0.15, 0.2) is 6.61 Å². The van der Waals surface area contributed by atoms with E-state index in [1.807, 2.05) is 24.3 Å². The summed E-state index contributed by atoms with van der Waals surface area (Å²) in [5.41, 5.74) is 6.82. The van der Waals surface area contributed by atoms with Crippen molar-refractivity contribution in [1.29, 1.82) is 0 Å². The van der Waals surface area contributed by atoms with Gasteiger partial charge in [-0.3, -0.25) is 0 Å². The number of rotatable bonds is 9. The fraction of sp³-hybridized carbons (Fsp3) is 0.613. The number of benzene rings is 1. The lowest BCUT2D eigenvalue weighted by atomic mass is 9.66. The number of allylic oxidation sites excluding steroid dienone is 3. The Morgan fingerprint density at radius 3 is 2.44 bits per heavy atom. The number of hydrogen-bond donors (Lipinski definition) is 0. The summed E-state index contributed by atoms with van der Waals surface area (Å²) in [5.74, 6) is 0.808. The SMILES string of the molecule is CCC(C)(C)CC(C1=CC=C=Cc2c(OCC(=O)OC3(CC)CCCC3)cccc21)C(C)(C)C. The van der Waals surface area contributed by atoms with E-state index in [0.717, 1.165) is 50.5 Å². The average molecular weight is 465 g/mol. The molecule has 186 valence electrons. The molecule has 1 aromatic carbocycles. The van der Waals surface area contributed by atoms with Gasteiger partial charge in [-0.15, -0.1) is 5.73 Å². The van der Waals surface area contributed by atoms with Crippen LogP contribution in [-0.2, 0) is 9.53 Å². The Kier molecular flexibility index (Phi) is 8.19. The maximum absolute atomic E-state index is 12.7. The Morgan fingerprint density at radius 2 is 1.82 bits per heavy atom. The summed E-state index contributed by atoms with van der Waals surface area (Å²) in [4.78, 5) is 12.7. The Morgan fingerprint density at radius 1 is 1.12 bits per heavy atom. The minimum absolute atomic E-state index is 0.0691. The molecule has 0 saturated heterocycles. The summed E-state index contributed by atoms with van der Waals surface area (Å²) in [5, 5.41) is 0. The van der Waals surface area contributed by atoms with E-state index in [-0.39, 0.29) is 29.0 Å². The molecule has 0 heterocycles. The zero-order valence-electron chi connectivity index (χ0n) is 22.4.